The summed E-state index contributed by atoms with van der Waals surface area (Å²) in [7, 11) is -3.06. The smallest absolute Gasteiger partial charge is 0.251 e. The first kappa shape index (κ1) is 18.3. The van der Waals surface area contributed by atoms with Crippen molar-refractivity contribution in [3.63, 3.8) is 0 Å². The summed E-state index contributed by atoms with van der Waals surface area (Å²) in [4.78, 5) is 19.0. The Balaban J connectivity index is 1.67. The number of fused-ring (bicyclic) bond motifs is 1. The largest absolute Gasteiger partial charge is 0.316 e. The fraction of sp³-hybridized carbons (Fsp3) is 0.556. The highest BCUT2D eigenvalue weighted by Crippen LogP contribution is 2.41. The van der Waals surface area contributed by atoms with Gasteiger partial charge < -0.3 is 4.90 Å². The van der Waals surface area contributed by atoms with Gasteiger partial charge in [0.2, 0.25) is 0 Å². The molecule has 4 rings (SSSR count). The second-order valence-corrected chi connectivity index (χ2v) is 11.0. The molecule has 8 heteroatoms. The summed E-state index contributed by atoms with van der Waals surface area (Å²) in [5, 5.41) is 1.11. The number of halogens is 1. The zero-order valence-electron chi connectivity index (χ0n) is 14.3. The van der Waals surface area contributed by atoms with Crippen molar-refractivity contribution in [1.82, 2.24) is 0 Å². The maximum Gasteiger partial charge on any atom is 0.251 e. The van der Waals surface area contributed by atoms with E-state index < -0.39 is 9.84 Å². The maximum absolute atomic E-state index is 12.7. The van der Waals surface area contributed by atoms with Crippen LogP contribution in [0.3, 0.4) is 0 Å². The summed E-state index contributed by atoms with van der Waals surface area (Å²) < 4.78 is 24.2. The van der Waals surface area contributed by atoms with Crippen molar-refractivity contribution >= 4 is 50.0 Å². The summed E-state index contributed by atoms with van der Waals surface area (Å²) in [6.07, 6.45) is 5.15. The molecule has 2 heterocycles. The van der Waals surface area contributed by atoms with Gasteiger partial charge in [0, 0.05) is 21.9 Å². The summed E-state index contributed by atoms with van der Waals surface area (Å²) in [5.74, 6) is 0.161. The molecule has 1 aliphatic carbocycles. The van der Waals surface area contributed by atoms with Crippen LogP contribution in [0.15, 0.2) is 29.3 Å². The number of carbonyl (C=O) groups excluding carboxylic acids is 1. The topological polar surface area (TPSA) is 66.8 Å². The zero-order chi connectivity index (χ0) is 18.3. The fourth-order valence-electron chi connectivity index (χ4n) is 4.03. The lowest BCUT2D eigenvalue weighted by atomic mass is 9.89. The van der Waals surface area contributed by atoms with Gasteiger partial charge in [0.05, 0.1) is 17.5 Å². The Morgan fingerprint density at radius 1 is 1.19 bits per heavy atom. The Bertz CT molecular complexity index is 850. The molecule has 2 unspecified atom stereocenters. The van der Waals surface area contributed by atoms with Gasteiger partial charge in [0.1, 0.15) is 0 Å². The number of hydrogen-bond donors (Lipinski definition) is 0. The molecular formula is C18H21ClN2O3S2. The van der Waals surface area contributed by atoms with Crippen molar-refractivity contribution in [2.75, 3.05) is 16.4 Å². The molecule has 0 bridgehead atoms. The number of hydrogen-bond acceptors (Lipinski definition) is 4. The third-order valence-corrected chi connectivity index (χ3v) is 8.76. The molecule has 1 amide bonds. The van der Waals surface area contributed by atoms with E-state index in [2.05, 4.69) is 4.99 Å². The molecule has 3 aliphatic rings. The van der Waals surface area contributed by atoms with Crippen LogP contribution in [0.1, 0.15) is 32.1 Å². The van der Waals surface area contributed by atoms with Gasteiger partial charge in [-0.05, 0) is 31.0 Å². The monoisotopic (exact) mass is 412 g/mol. The first-order valence-corrected chi connectivity index (χ1v) is 12.1. The van der Waals surface area contributed by atoms with E-state index in [0.717, 1.165) is 31.4 Å². The molecule has 140 valence electrons. The van der Waals surface area contributed by atoms with Gasteiger partial charge in [-0.2, -0.15) is 4.99 Å². The van der Waals surface area contributed by atoms with Crippen LogP contribution in [-0.2, 0) is 14.6 Å². The van der Waals surface area contributed by atoms with Crippen LogP contribution in [0, 0.1) is 5.92 Å². The second kappa shape index (κ2) is 7.17. The molecule has 0 spiro atoms. The normalized spacial score (nSPS) is 29.9. The number of thioether (sulfide) groups is 1. The van der Waals surface area contributed by atoms with E-state index in [1.807, 2.05) is 17.0 Å². The minimum absolute atomic E-state index is 0.00207. The number of aliphatic imine (C=N–C) groups is 1. The summed E-state index contributed by atoms with van der Waals surface area (Å²) >= 11 is 7.56. The molecular weight excluding hydrogens is 392 g/mol. The third-order valence-electron chi connectivity index (χ3n) is 5.31. The minimum atomic E-state index is -3.06. The summed E-state index contributed by atoms with van der Waals surface area (Å²) in [6.45, 7) is 0. The lowest BCUT2D eigenvalue weighted by molar-refractivity contribution is -0.122. The van der Waals surface area contributed by atoms with Gasteiger partial charge in [-0.1, -0.05) is 48.7 Å². The lowest BCUT2D eigenvalue weighted by Gasteiger charge is -2.25. The fourth-order valence-corrected chi connectivity index (χ4v) is 8.13. The molecule has 3 fully saturated rings. The predicted octanol–water partition coefficient (Wildman–Crippen LogP) is 3.52. The molecule has 5 nitrogen and oxygen atoms in total. The highest BCUT2D eigenvalue weighted by atomic mass is 35.5. The highest BCUT2D eigenvalue weighted by molar-refractivity contribution is 8.16. The van der Waals surface area contributed by atoms with E-state index in [4.69, 9.17) is 11.6 Å². The van der Waals surface area contributed by atoms with Crippen LogP contribution < -0.4 is 4.90 Å². The van der Waals surface area contributed by atoms with Crippen LogP contribution >= 0.6 is 23.4 Å². The highest BCUT2D eigenvalue weighted by Gasteiger charge is 2.49. The summed E-state index contributed by atoms with van der Waals surface area (Å²) in [5.41, 5.74) is 0.796. The van der Waals surface area contributed by atoms with E-state index in [9.17, 15) is 13.2 Å². The van der Waals surface area contributed by atoms with Gasteiger partial charge in [-0.3, -0.25) is 4.79 Å². The molecule has 2 saturated heterocycles. The van der Waals surface area contributed by atoms with Crippen molar-refractivity contribution in [3.8, 4) is 0 Å². The van der Waals surface area contributed by atoms with Gasteiger partial charge in [0.15, 0.2) is 15.0 Å². The number of amidine groups is 1. The van der Waals surface area contributed by atoms with Crippen LogP contribution in [-0.4, -0.2) is 42.3 Å². The van der Waals surface area contributed by atoms with Crippen molar-refractivity contribution in [2.24, 2.45) is 10.9 Å². The van der Waals surface area contributed by atoms with Crippen LogP contribution in [0.5, 0.6) is 0 Å². The number of nitrogens with zero attached hydrogens (tertiary/aromatic N) is 2. The Morgan fingerprint density at radius 3 is 2.69 bits per heavy atom. The van der Waals surface area contributed by atoms with E-state index in [-0.39, 0.29) is 34.6 Å². The standard InChI is InChI=1S/C18H21ClN2O3S2/c19-13-7-4-8-14(9-13)21-15-10-26(23,24)11-16(15)25-18(21)20-17(22)12-5-2-1-3-6-12/h4,7-9,12,15-16H,1-3,5-6,10-11H2. The first-order valence-electron chi connectivity index (χ1n) is 8.97. The predicted molar refractivity (Wildman–Crippen MR) is 107 cm³/mol. The molecule has 0 N–H and O–H groups in total. The maximum atomic E-state index is 12.7. The van der Waals surface area contributed by atoms with Crippen molar-refractivity contribution in [2.45, 2.75) is 43.4 Å². The average molecular weight is 413 g/mol. The van der Waals surface area contributed by atoms with Gasteiger partial charge in [-0.15, -0.1) is 0 Å². The first-order chi connectivity index (χ1) is 12.4. The van der Waals surface area contributed by atoms with Crippen LogP contribution in [0.4, 0.5) is 5.69 Å². The number of amides is 1. The van der Waals surface area contributed by atoms with Crippen LogP contribution in [0.2, 0.25) is 5.02 Å². The van der Waals surface area contributed by atoms with Gasteiger partial charge in [0.25, 0.3) is 5.91 Å². The zero-order valence-corrected chi connectivity index (χ0v) is 16.7. The number of sulfone groups is 1. The van der Waals surface area contributed by atoms with Crippen molar-refractivity contribution in [1.29, 1.82) is 0 Å². The van der Waals surface area contributed by atoms with Crippen molar-refractivity contribution in [3.05, 3.63) is 29.3 Å². The molecule has 0 radical (unpaired) electrons. The SMILES string of the molecule is O=C(N=C1SC2CS(=O)(=O)CC2N1c1cccc(Cl)c1)C1CCCCC1. The summed E-state index contributed by atoms with van der Waals surface area (Å²) in [6, 6.07) is 7.11. The Hall–Kier alpha value is -1.05. The molecule has 2 aliphatic heterocycles. The Labute approximate surface area is 163 Å². The van der Waals surface area contributed by atoms with Gasteiger partial charge in [-0.25, -0.2) is 8.42 Å². The number of rotatable bonds is 2. The number of benzene rings is 1. The lowest BCUT2D eigenvalue weighted by Crippen LogP contribution is -2.38. The average Bonchev–Trinajstić information content (AvgIpc) is 3.06. The quantitative estimate of drug-likeness (QED) is 0.743. The van der Waals surface area contributed by atoms with E-state index in [0.29, 0.717) is 10.2 Å². The van der Waals surface area contributed by atoms with Crippen LogP contribution in [0.25, 0.3) is 0 Å². The van der Waals surface area contributed by atoms with Gasteiger partial charge >= 0.3 is 0 Å². The Kier molecular flexibility index (Phi) is 5.05. The molecule has 0 aromatic heterocycles. The molecule has 26 heavy (non-hydrogen) atoms. The van der Waals surface area contributed by atoms with E-state index in [1.54, 1.807) is 12.1 Å². The van der Waals surface area contributed by atoms with E-state index in [1.165, 1.54) is 18.2 Å². The Morgan fingerprint density at radius 2 is 1.96 bits per heavy atom. The molecule has 1 aromatic rings. The molecule has 1 aromatic carbocycles. The molecule has 1 saturated carbocycles. The second-order valence-electron chi connectivity index (χ2n) is 7.22. The third kappa shape index (κ3) is 3.66. The van der Waals surface area contributed by atoms with E-state index >= 15 is 0 Å². The minimum Gasteiger partial charge on any atom is -0.316 e. The molecule has 2 atom stereocenters. The van der Waals surface area contributed by atoms with Crippen molar-refractivity contribution < 1.29 is 13.2 Å². The number of carbonyl (C=O) groups is 1. The number of anilines is 1.